The standard InChI is InChI=1S/C13H15N3/c1-10-7-8-16-13(14-10)9-12(15-16)11-5-3-2-4-6-11/h2-6,9-10,14H,7-8H2,1H3. The van der Waals surface area contributed by atoms with Crippen LogP contribution in [0.3, 0.4) is 0 Å². The minimum Gasteiger partial charge on any atom is -0.368 e. The molecule has 1 aliphatic heterocycles. The lowest BCUT2D eigenvalue weighted by Crippen LogP contribution is -2.25. The lowest BCUT2D eigenvalue weighted by atomic mass is 10.1. The van der Waals surface area contributed by atoms with Crippen LogP contribution < -0.4 is 5.32 Å². The fourth-order valence-corrected chi connectivity index (χ4v) is 2.09. The van der Waals surface area contributed by atoms with E-state index in [4.69, 9.17) is 0 Å². The molecule has 1 N–H and O–H groups in total. The van der Waals surface area contributed by atoms with Crippen molar-refractivity contribution in [1.29, 1.82) is 0 Å². The third-order valence-electron chi connectivity index (χ3n) is 3.02. The average Bonchev–Trinajstić information content (AvgIpc) is 2.73. The van der Waals surface area contributed by atoms with Crippen molar-refractivity contribution in [2.24, 2.45) is 0 Å². The van der Waals surface area contributed by atoms with Gasteiger partial charge < -0.3 is 5.32 Å². The average molecular weight is 213 g/mol. The van der Waals surface area contributed by atoms with E-state index in [1.54, 1.807) is 0 Å². The SMILES string of the molecule is CC1CCn2nc(-c3ccccc3)cc2N1. The highest BCUT2D eigenvalue weighted by Gasteiger charge is 2.16. The zero-order valence-corrected chi connectivity index (χ0v) is 9.35. The van der Waals surface area contributed by atoms with Gasteiger partial charge in [-0.25, -0.2) is 4.68 Å². The van der Waals surface area contributed by atoms with E-state index in [1.165, 1.54) is 5.56 Å². The van der Waals surface area contributed by atoms with Gasteiger partial charge in [0.15, 0.2) is 0 Å². The summed E-state index contributed by atoms with van der Waals surface area (Å²) in [4.78, 5) is 0. The van der Waals surface area contributed by atoms with Gasteiger partial charge in [0, 0.05) is 24.2 Å². The van der Waals surface area contributed by atoms with E-state index < -0.39 is 0 Å². The lowest BCUT2D eigenvalue weighted by molar-refractivity contribution is 0.513. The van der Waals surface area contributed by atoms with E-state index in [0.29, 0.717) is 6.04 Å². The summed E-state index contributed by atoms with van der Waals surface area (Å²) in [5.74, 6) is 1.14. The van der Waals surface area contributed by atoms with Crippen molar-refractivity contribution in [2.45, 2.75) is 25.9 Å². The highest BCUT2D eigenvalue weighted by atomic mass is 15.3. The van der Waals surface area contributed by atoms with E-state index >= 15 is 0 Å². The van der Waals surface area contributed by atoms with Gasteiger partial charge in [0.2, 0.25) is 0 Å². The Labute approximate surface area is 95.1 Å². The fourth-order valence-electron chi connectivity index (χ4n) is 2.09. The first-order valence-corrected chi connectivity index (χ1v) is 5.73. The van der Waals surface area contributed by atoms with Gasteiger partial charge in [0.1, 0.15) is 5.82 Å². The van der Waals surface area contributed by atoms with Gasteiger partial charge in [0.05, 0.1) is 5.69 Å². The maximum Gasteiger partial charge on any atom is 0.125 e. The first-order valence-electron chi connectivity index (χ1n) is 5.73. The van der Waals surface area contributed by atoms with Gasteiger partial charge in [-0.1, -0.05) is 30.3 Å². The predicted octanol–water partition coefficient (Wildman–Crippen LogP) is 2.75. The van der Waals surface area contributed by atoms with E-state index in [0.717, 1.165) is 24.5 Å². The van der Waals surface area contributed by atoms with Crippen LogP contribution in [0, 0.1) is 0 Å². The van der Waals surface area contributed by atoms with Crippen LogP contribution in [0.4, 0.5) is 5.82 Å². The van der Waals surface area contributed by atoms with Crippen molar-refractivity contribution in [2.75, 3.05) is 5.32 Å². The number of rotatable bonds is 1. The molecular weight excluding hydrogens is 198 g/mol. The lowest BCUT2D eigenvalue weighted by Gasteiger charge is -2.21. The molecular formula is C13H15N3. The molecule has 3 heteroatoms. The maximum atomic E-state index is 4.61. The topological polar surface area (TPSA) is 29.9 Å². The molecule has 82 valence electrons. The third kappa shape index (κ3) is 1.58. The molecule has 2 aromatic rings. The zero-order chi connectivity index (χ0) is 11.0. The molecule has 1 aromatic carbocycles. The highest BCUT2D eigenvalue weighted by Crippen LogP contribution is 2.25. The Morgan fingerprint density at radius 3 is 2.94 bits per heavy atom. The normalized spacial score (nSPS) is 18.9. The number of aromatic nitrogens is 2. The molecule has 2 heterocycles. The second-order valence-corrected chi connectivity index (χ2v) is 4.34. The summed E-state index contributed by atoms with van der Waals surface area (Å²) >= 11 is 0. The van der Waals surface area contributed by atoms with Crippen LogP contribution in [0.25, 0.3) is 11.3 Å². The Morgan fingerprint density at radius 1 is 1.31 bits per heavy atom. The third-order valence-corrected chi connectivity index (χ3v) is 3.02. The quantitative estimate of drug-likeness (QED) is 0.789. The molecule has 0 aliphatic carbocycles. The van der Waals surface area contributed by atoms with Crippen molar-refractivity contribution < 1.29 is 0 Å². The van der Waals surface area contributed by atoms with Crippen molar-refractivity contribution in [3.63, 3.8) is 0 Å². The van der Waals surface area contributed by atoms with Crippen molar-refractivity contribution in [3.8, 4) is 11.3 Å². The number of hydrogen-bond acceptors (Lipinski definition) is 2. The van der Waals surface area contributed by atoms with Gasteiger partial charge in [0.25, 0.3) is 0 Å². The Hall–Kier alpha value is -1.77. The van der Waals surface area contributed by atoms with Crippen LogP contribution in [0.2, 0.25) is 0 Å². The van der Waals surface area contributed by atoms with E-state index in [9.17, 15) is 0 Å². The molecule has 0 saturated heterocycles. The highest BCUT2D eigenvalue weighted by molar-refractivity contribution is 5.63. The van der Waals surface area contributed by atoms with E-state index in [2.05, 4.69) is 40.2 Å². The van der Waals surface area contributed by atoms with Gasteiger partial charge in [-0.15, -0.1) is 0 Å². The summed E-state index contributed by atoms with van der Waals surface area (Å²) in [5, 5.41) is 8.06. The van der Waals surface area contributed by atoms with Crippen LogP contribution in [0.1, 0.15) is 13.3 Å². The van der Waals surface area contributed by atoms with Gasteiger partial charge in [-0.2, -0.15) is 5.10 Å². The van der Waals surface area contributed by atoms with Crippen molar-refractivity contribution in [1.82, 2.24) is 9.78 Å². The smallest absolute Gasteiger partial charge is 0.125 e. The summed E-state index contributed by atoms with van der Waals surface area (Å²) in [6.07, 6.45) is 1.14. The number of aryl methyl sites for hydroxylation is 1. The van der Waals surface area contributed by atoms with Crippen LogP contribution >= 0.6 is 0 Å². The summed E-state index contributed by atoms with van der Waals surface area (Å²) in [6, 6.07) is 13.0. The van der Waals surface area contributed by atoms with Crippen LogP contribution in [-0.4, -0.2) is 15.8 Å². The molecule has 3 rings (SSSR count). The maximum absolute atomic E-state index is 4.61. The fraction of sp³-hybridized carbons (Fsp3) is 0.308. The predicted molar refractivity (Wildman–Crippen MR) is 65.4 cm³/mol. The minimum atomic E-state index is 0.549. The molecule has 0 spiro atoms. The first-order chi connectivity index (χ1) is 7.83. The molecule has 16 heavy (non-hydrogen) atoms. The van der Waals surface area contributed by atoms with Crippen LogP contribution in [0.5, 0.6) is 0 Å². The number of nitrogens with one attached hydrogen (secondary N) is 1. The molecule has 1 unspecified atom stereocenters. The van der Waals surface area contributed by atoms with Crippen LogP contribution in [-0.2, 0) is 6.54 Å². The summed E-state index contributed by atoms with van der Waals surface area (Å²) in [6.45, 7) is 3.22. The number of fused-ring (bicyclic) bond motifs is 1. The molecule has 3 nitrogen and oxygen atoms in total. The van der Waals surface area contributed by atoms with Crippen LogP contribution in [0.15, 0.2) is 36.4 Å². The summed E-state index contributed by atoms with van der Waals surface area (Å²) < 4.78 is 2.06. The number of hydrogen-bond donors (Lipinski definition) is 1. The molecule has 0 radical (unpaired) electrons. The van der Waals surface area contributed by atoms with Gasteiger partial charge in [-0.05, 0) is 13.3 Å². The van der Waals surface area contributed by atoms with Crippen molar-refractivity contribution in [3.05, 3.63) is 36.4 Å². The van der Waals surface area contributed by atoms with Crippen molar-refractivity contribution >= 4 is 5.82 Å². The molecule has 0 amide bonds. The Kier molecular flexibility index (Phi) is 2.17. The van der Waals surface area contributed by atoms with E-state index in [1.807, 2.05) is 18.2 Å². The Balaban J connectivity index is 1.99. The summed E-state index contributed by atoms with van der Waals surface area (Å²) in [7, 11) is 0. The summed E-state index contributed by atoms with van der Waals surface area (Å²) in [5.41, 5.74) is 2.23. The molecule has 1 aromatic heterocycles. The molecule has 1 atom stereocenters. The molecule has 0 fully saturated rings. The minimum absolute atomic E-state index is 0.549. The zero-order valence-electron chi connectivity index (χ0n) is 9.35. The first kappa shape index (κ1) is 9.46. The largest absolute Gasteiger partial charge is 0.368 e. The number of anilines is 1. The second-order valence-electron chi connectivity index (χ2n) is 4.34. The number of nitrogens with zero attached hydrogens (tertiary/aromatic N) is 2. The molecule has 0 bridgehead atoms. The molecule has 1 aliphatic rings. The monoisotopic (exact) mass is 213 g/mol. The number of benzene rings is 1. The Bertz CT molecular complexity index is 487. The second kappa shape index (κ2) is 3.67. The Morgan fingerprint density at radius 2 is 2.12 bits per heavy atom. The van der Waals surface area contributed by atoms with Gasteiger partial charge in [-0.3, -0.25) is 0 Å². The van der Waals surface area contributed by atoms with E-state index in [-0.39, 0.29) is 0 Å². The molecule has 0 saturated carbocycles. The van der Waals surface area contributed by atoms with Gasteiger partial charge >= 0.3 is 0 Å².